The molecule has 2 rings (SSSR count). The van der Waals surface area contributed by atoms with E-state index in [2.05, 4.69) is 0 Å². The van der Waals surface area contributed by atoms with Crippen molar-refractivity contribution in [2.24, 2.45) is 0 Å². The van der Waals surface area contributed by atoms with E-state index in [1.165, 1.54) is 11.0 Å². The highest BCUT2D eigenvalue weighted by molar-refractivity contribution is 6.45. The lowest BCUT2D eigenvalue weighted by Crippen LogP contribution is -2.32. The first-order chi connectivity index (χ1) is 9.68. The number of ketones is 1. The molecule has 0 aliphatic heterocycles. The van der Waals surface area contributed by atoms with Crippen molar-refractivity contribution in [2.45, 2.75) is 0 Å². The minimum atomic E-state index is -0.552. The molecule has 2 aromatic carbocycles. The van der Waals surface area contributed by atoms with E-state index in [9.17, 15) is 9.59 Å². The van der Waals surface area contributed by atoms with Gasteiger partial charge >= 0.3 is 0 Å². The van der Waals surface area contributed by atoms with Crippen LogP contribution in [0.3, 0.4) is 0 Å². The fourth-order valence-electron chi connectivity index (χ4n) is 1.74. The highest BCUT2D eigenvalue weighted by Crippen LogP contribution is 2.11. The number of carbonyl (C=O) groups excluding carboxylic acids is 2. The predicted molar refractivity (Wildman–Crippen MR) is 80.3 cm³/mol. The molecule has 0 radical (unpaired) electrons. The molecule has 0 unspecified atom stereocenters. The molecule has 0 atom stereocenters. The van der Waals surface area contributed by atoms with Gasteiger partial charge in [-0.15, -0.1) is 0 Å². The number of likely N-dealkylation sites (N-methyl/N-ethyl adjacent to an activating group) is 1. The van der Waals surface area contributed by atoms with E-state index in [0.717, 1.165) is 5.56 Å². The molecule has 20 heavy (non-hydrogen) atoms. The van der Waals surface area contributed by atoms with Gasteiger partial charge in [0.1, 0.15) is 0 Å². The lowest BCUT2D eigenvalue weighted by Gasteiger charge is -2.15. The molecule has 0 fully saturated rings. The fourth-order valence-corrected chi connectivity index (χ4v) is 1.74. The van der Waals surface area contributed by atoms with E-state index in [1.54, 1.807) is 25.3 Å². The van der Waals surface area contributed by atoms with Crippen LogP contribution in [-0.2, 0) is 9.59 Å². The first kappa shape index (κ1) is 13.7. The molecule has 3 heteroatoms. The molecule has 0 spiro atoms. The second-order valence-electron chi connectivity index (χ2n) is 4.31. The van der Waals surface area contributed by atoms with Crippen LogP contribution in [-0.4, -0.2) is 18.7 Å². The van der Waals surface area contributed by atoms with Gasteiger partial charge in [0.2, 0.25) is 5.78 Å². The van der Waals surface area contributed by atoms with Crippen molar-refractivity contribution < 1.29 is 9.59 Å². The summed E-state index contributed by atoms with van der Waals surface area (Å²) in [6.07, 6.45) is 2.94. The molecular formula is C17H15NO2. The van der Waals surface area contributed by atoms with E-state index in [0.29, 0.717) is 5.69 Å². The van der Waals surface area contributed by atoms with Gasteiger partial charge in [0, 0.05) is 12.7 Å². The van der Waals surface area contributed by atoms with Gasteiger partial charge in [0.15, 0.2) is 0 Å². The Morgan fingerprint density at radius 2 is 1.45 bits per heavy atom. The molecular weight excluding hydrogens is 250 g/mol. The maximum absolute atomic E-state index is 12.0. The Kier molecular flexibility index (Phi) is 4.45. The summed E-state index contributed by atoms with van der Waals surface area (Å²) < 4.78 is 0. The van der Waals surface area contributed by atoms with Crippen LogP contribution < -0.4 is 4.90 Å². The van der Waals surface area contributed by atoms with Crippen molar-refractivity contribution in [1.29, 1.82) is 0 Å². The van der Waals surface area contributed by atoms with E-state index in [1.807, 2.05) is 48.5 Å². The molecule has 0 aromatic heterocycles. The maximum Gasteiger partial charge on any atom is 0.298 e. The van der Waals surface area contributed by atoms with Gasteiger partial charge in [0.05, 0.1) is 0 Å². The third-order valence-corrected chi connectivity index (χ3v) is 2.89. The Labute approximate surface area is 118 Å². The predicted octanol–water partition coefficient (Wildman–Crippen LogP) is 2.93. The van der Waals surface area contributed by atoms with Crippen molar-refractivity contribution >= 4 is 23.5 Å². The summed E-state index contributed by atoms with van der Waals surface area (Å²) in [5, 5.41) is 0. The van der Waals surface area contributed by atoms with E-state index < -0.39 is 11.7 Å². The van der Waals surface area contributed by atoms with Crippen LogP contribution in [0.1, 0.15) is 5.56 Å². The Balaban J connectivity index is 2.06. The summed E-state index contributed by atoms with van der Waals surface area (Å²) in [4.78, 5) is 25.2. The van der Waals surface area contributed by atoms with Crippen LogP contribution >= 0.6 is 0 Å². The summed E-state index contributed by atoms with van der Waals surface area (Å²) in [6, 6.07) is 18.5. The Hall–Kier alpha value is -2.68. The zero-order chi connectivity index (χ0) is 14.4. The lowest BCUT2D eigenvalue weighted by atomic mass is 10.2. The minimum Gasteiger partial charge on any atom is -0.309 e. The lowest BCUT2D eigenvalue weighted by molar-refractivity contribution is -0.133. The minimum absolute atomic E-state index is 0.541. The van der Waals surface area contributed by atoms with Crippen molar-refractivity contribution in [3.05, 3.63) is 72.3 Å². The van der Waals surface area contributed by atoms with E-state index >= 15 is 0 Å². The Morgan fingerprint density at radius 1 is 0.900 bits per heavy atom. The Morgan fingerprint density at radius 3 is 2.05 bits per heavy atom. The number of hydrogen-bond acceptors (Lipinski definition) is 2. The maximum atomic E-state index is 12.0. The monoisotopic (exact) mass is 265 g/mol. The largest absolute Gasteiger partial charge is 0.309 e. The third kappa shape index (κ3) is 3.42. The fraction of sp³-hybridized carbons (Fsp3) is 0.0588. The molecule has 3 nitrogen and oxygen atoms in total. The van der Waals surface area contributed by atoms with Crippen LogP contribution in [0.15, 0.2) is 66.7 Å². The van der Waals surface area contributed by atoms with Crippen molar-refractivity contribution in [1.82, 2.24) is 0 Å². The summed E-state index contributed by atoms with van der Waals surface area (Å²) >= 11 is 0. The molecule has 0 heterocycles. The standard InChI is InChI=1S/C17H15NO2/c1-18(15-10-6-3-7-11-15)17(20)16(19)13-12-14-8-4-2-5-9-14/h2-13H,1H3/b13-12+. The number of anilines is 1. The summed E-state index contributed by atoms with van der Waals surface area (Å²) in [6.45, 7) is 0. The highest BCUT2D eigenvalue weighted by Gasteiger charge is 2.16. The molecule has 0 aliphatic rings. The summed E-state index contributed by atoms with van der Waals surface area (Å²) in [5.41, 5.74) is 1.58. The van der Waals surface area contributed by atoms with Gasteiger partial charge in [-0.2, -0.15) is 0 Å². The number of rotatable bonds is 4. The first-order valence-corrected chi connectivity index (χ1v) is 6.28. The molecule has 0 N–H and O–H groups in total. The smallest absolute Gasteiger partial charge is 0.298 e. The molecule has 1 amide bonds. The Bertz CT molecular complexity index is 618. The van der Waals surface area contributed by atoms with Crippen LogP contribution in [0.5, 0.6) is 0 Å². The molecule has 100 valence electrons. The molecule has 0 aliphatic carbocycles. The van der Waals surface area contributed by atoms with Gasteiger partial charge in [-0.3, -0.25) is 9.59 Å². The van der Waals surface area contributed by atoms with Crippen LogP contribution in [0.4, 0.5) is 5.69 Å². The molecule has 0 bridgehead atoms. The van der Waals surface area contributed by atoms with Crippen LogP contribution in [0.2, 0.25) is 0 Å². The van der Waals surface area contributed by atoms with Crippen molar-refractivity contribution in [2.75, 3.05) is 11.9 Å². The highest BCUT2D eigenvalue weighted by atomic mass is 16.2. The van der Waals surface area contributed by atoms with Gasteiger partial charge in [-0.25, -0.2) is 0 Å². The van der Waals surface area contributed by atoms with Gasteiger partial charge in [0.25, 0.3) is 5.91 Å². The van der Waals surface area contributed by atoms with E-state index in [4.69, 9.17) is 0 Å². The van der Waals surface area contributed by atoms with Crippen LogP contribution in [0.25, 0.3) is 6.08 Å². The second-order valence-corrected chi connectivity index (χ2v) is 4.31. The van der Waals surface area contributed by atoms with Gasteiger partial charge in [-0.1, -0.05) is 54.6 Å². The number of amides is 1. The van der Waals surface area contributed by atoms with Crippen molar-refractivity contribution in [3.63, 3.8) is 0 Å². The zero-order valence-corrected chi connectivity index (χ0v) is 11.2. The zero-order valence-electron chi connectivity index (χ0n) is 11.2. The normalized spacial score (nSPS) is 10.4. The number of para-hydroxylation sites is 1. The quantitative estimate of drug-likeness (QED) is 0.629. The van der Waals surface area contributed by atoms with E-state index in [-0.39, 0.29) is 0 Å². The average molecular weight is 265 g/mol. The average Bonchev–Trinajstić information content (AvgIpc) is 2.53. The topological polar surface area (TPSA) is 37.4 Å². The van der Waals surface area contributed by atoms with Gasteiger partial charge in [-0.05, 0) is 23.8 Å². The molecule has 2 aromatic rings. The third-order valence-electron chi connectivity index (χ3n) is 2.89. The second kappa shape index (κ2) is 6.48. The number of hydrogen-bond donors (Lipinski definition) is 0. The molecule has 0 saturated carbocycles. The number of nitrogens with zero attached hydrogens (tertiary/aromatic N) is 1. The van der Waals surface area contributed by atoms with Crippen LogP contribution in [0, 0.1) is 0 Å². The van der Waals surface area contributed by atoms with Crippen molar-refractivity contribution in [3.8, 4) is 0 Å². The first-order valence-electron chi connectivity index (χ1n) is 6.28. The summed E-state index contributed by atoms with van der Waals surface area (Å²) in [5.74, 6) is -1.09. The number of carbonyl (C=O) groups is 2. The number of benzene rings is 2. The molecule has 0 saturated heterocycles. The van der Waals surface area contributed by atoms with Gasteiger partial charge < -0.3 is 4.90 Å². The SMILES string of the molecule is CN(C(=O)C(=O)/C=C/c1ccccc1)c1ccccc1. The summed E-state index contributed by atoms with van der Waals surface area (Å²) in [7, 11) is 1.59.